The molecule has 0 saturated carbocycles. The zero-order valence-corrected chi connectivity index (χ0v) is 11.1. The van der Waals surface area contributed by atoms with Gasteiger partial charge >= 0.3 is 0 Å². The second-order valence-electron chi connectivity index (χ2n) is 4.07. The Balaban J connectivity index is 2.12. The molecule has 1 N–H and O–H groups in total. The van der Waals surface area contributed by atoms with E-state index in [9.17, 15) is 0 Å². The third-order valence-corrected chi connectivity index (χ3v) is 4.38. The lowest BCUT2D eigenvalue weighted by atomic mass is 10.0. The smallest absolute Gasteiger partial charge is 0.0778 e. The molecule has 2 atom stereocenters. The Morgan fingerprint density at radius 3 is 3.06 bits per heavy atom. The van der Waals surface area contributed by atoms with Crippen LogP contribution >= 0.6 is 22.9 Å². The summed E-state index contributed by atoms with van der Waals surface area (Å²) < 4.78 is 5.86. The van der Waals surface area contributed by atoms with Gasteiger partial charge in [-0.15, -0.1) is 11.3 Å². The van der Waals surface area contributed by atoms with Gasteiger partial charge in [-0.05, 0) is 37.3 Å². The highest BCUT2D eigenvalue weighted by atomic mass is 35.5. The first-order valence-electron chi connectivity index (χ1n) is 5.90. The van der Waals surface area contributed by atoms with Crippen molar-refractivity contribution in [3.05, 3.63) is 21.3 Å². The molecule has 4 heteroatoms. The summed E-state index contributed by atoms with van der Waals surface area (Å²) in [6, 6.07) is 2.23. The Bertz CT molecular complexity index is 323. The van der Waals surface area contributed by atoms with E-state index in [1.807, 2.05) is 11.4 Å². The summed E-state index contributed by atoms with van der Waals surface area (Å²) in [6.07, 6.45) is 3.86. The van der Waals surface area contributed by atoms with E-state index in [0.29, 0.717) is 0 Å². The fourth-order valence-corrected chi connectivity index (χ4v) is 3.47. The number of hydrogen-bond donors (Lipinski definition) is 1. The van der Waals surface area contributed by atoms with Gasteiger partial charge in [-0.1, -0.05) is 18.5 Å². The molecule has 0 aliphatic carbocycles. The number of rotatable bonds is 4. The van der Waals surface area contributed by atoms with Crippen LogP contribution in [0.2, 0.25) is 5.02 Å². The predicted octanol–water partition coefficient (Wildman–Crippen LogP) is 3.62. The fraction of sp³-hybridized carbons (Fsp3) is 0.667. The number of halogens is 1. The number of nitrogens with one attached hydrogen (secondary N) is 1. The Labute approximate surface area is 106 Å². The molecule has 1 aliphatic rings. The SMILES string of the molecule is CCNC(c1sccc1Cl)C1CCCCO1. The molecule has 2 heterocycles. The quantitative estimate of drug-likeness (QED) is 0.892. The molecule has 1 fully saturated rings. The first kappa shape index (κ1) is 12.4. The molecule has 0 bridgehead atoms. The van der Waals surface area contributed by atoms with Crippen molar-refractivity contribution in [1.29, 1.82) is 0 Å². The minimum absolute atomic E-state index is 0.262. The lowest BCUT2D eigenvalue weighted by Gasteiger charge is -2.30. The maximum absolute atomic E-state index is 6.20. The van der Waals surface area contributed by atoms with Gasteiger partial charge in [-0.3, -0.25) is 0 Å². The number of hydrogen-bond acceptors (Lipinski definition) is 3. The maximum atomic E-state index is 6.20. The standard InChI is InChI=1S/C12H18ClNOS/c1-2-14-11(10-5-3-4-7-15-10)12-9(13)6-8-16-12/h6,8,10-11,14H,2-5,7H2,1H3. The second kappa shape index (κ2) is 6.01. The van der Waals surface area contributed by atoms with E-state index in [-0.39, 0.29) is 12.1 Å². The van der Waals surface area contributed by atoms with E-state index < -0.39 is 0 Å². The van der Waals surface area contributed by atoms with E-state index in [4.69, 9.17) is 16.3 Å². The van der Waals surface area contributed by atoms with Crippen molar-refractivity contribution in [2.45, 2.75) is 38.3 Å². The molecule has 1 aromatic rings. The highest BCUT2D eigenvalue weighted by molar-refractivity contribution is 7.10. The van der Waals surface area contributed by atoms with Crippen LogP contribution in [-0.4, -0.2) is 19.3 Å². The van der Waals surface area contributed by atoms with Gasteiger partial charge in [-0.25, -0.2) is 0 Å². The molecular weight excluding hydrogens is 242 g/mol. The Kier molecular flexibility index (Phi) is 4.65. The topological polar surface area (TPSA) is 21.3 Å². The number of ether oxygens (including phenoxy) is 1. The van der Waals surface area contributed by atoms with Gasteiger partial charge in [0.25, 0.3) is 0 Å². The average molecular weight is 260 g/mol. The number of likely N-dealkylation sites (N-methyl/N-ethyl adjacent to an activating group) is 1. The van der Waals surface area contributed by atoms with Crippen LogP contribution in [0.4, 0.5) is 0 Å². The summed E-state index contributed by atoms with van der Waals surface area (Å²) in [7, 11) is 0. The van der Waals surface area contributed by atoms with Gasteiger partial charge in [0, 0.05) is 11.5 Å². The molecule has 2 nitrogen and oxygen atoms in total. The molecule has 0 aromatic carbocycles. The maximum Gasteiger partial charge on any atom is 0.0778 e. The van der Waals surface area contributed by atoms with Crippen molar-refractivity contribution in [1.82, 2.24) is 5.32 Å². The first-order chi connectivity index (χ1) is 7.83. The highest BCUT2D eigenvalue weighted by Crippen LogP contribution is 2.34. The molecule has 1 aliphatic heterocycles. The van der Waals surface area contributed by atoms with Gasteiger partial charge in [0.1, 0.15) is 0 Å². The van der Waals surface area contributed by atoms with Crippen molar-refractivity contribution >= 4 is 22.9 Å². The highest BCUT2D eigenvalue weighted by Gasteiger charge is 2.27. The van der Waals surface area contributed by atoms with Crippen LogP contribution in [0.15, 0.2) is 11.4 Å². The van der Waals surface area contributed by atoms with Gasteiger partial charge in [0.2, 0.25) is 0 Å². The molecule has 16 heavy (non-hydrogen) atoms. The molecule has 2 unspecified atom stereocenters. The summed E-state index contributed by atoms with van der Waals surface area (Å²) in [5.41, 5.74) is 0. The molecule has 0 spiro atoms. The summed E-state index contributed by atoms with van der Waals surface area (Å²) in [6.45, 7) is 3.95. The minimum Gasteiger partial charge on any atom is -0.376 e. The van der Waals surface area contributed by atoms with Gasteiger partial charge in [0.05, 0.1) is 17.2 Å². The van der Waals surface area contributed by atoms with Gasteiger partial charge in [0.15, 0.2) is 0 Å². The molecule has 1 saturated heterocycles. The van der Waals surface area contributed by atoms with Crippen LogP contribution < -0.4 is 5.32 Å². The normalized spacial score (nSPS) is 23.2. The Morgan fingerprint density at radius 1 is 1.62 bits per heavy atom. The molecule has 2 rings (SSSR count). The van der Waals surface area contributed by atoms with E-state index in [1.54, 1.807) is 11.3 Å². The Morgan fingerprint density at radius 2 is 2.50 bits per heavy atom. The van der Waals surface area contributed by atoms with Crippen LogP contribution in [0.3, 0.4) is 0 Å². The lowest BCUT2D eigenvalue weighted by Crippen LogP contribution is -2.35. The lowest BCUT2D eigenvalue weighted by molar-refractivity contribution is -0.00710. The predicted molar refractivity (Wildman–Crippen MR) is 69.3 cm³/mol. The van der Waals surface area contributed by atoms with Crippen molar-refractivity contribution in [3.63, 3.8) is 0 Å². The van der Waals surface area contributed by atoms with E-state index in [0.717, 1.165) is 24.6 Å². The van der Waals surface area contributed by atoms with E-state index in [2.05, 4.69) is 12.2 Å². The molecular formula is C12H18ClNOS. The summed E-state index contributed by atoms with van der Waals surface area (Å²) in [4.78, 5) is 1.22. The third-order valence-electron chi connectivity index (χ3n) is 2.94. The van der Waals surface area contributed by atoms with E-state index in [1.165, 1.54) is 17.7 Å². The largest absolute Gasteiger partial charge is 0.376 e. The summed E-state index contributed by atoms with van der Waals surface area (Å²) in [5.74, 6) is 0. The van der Waals surface area contributed by atoms with Crippen LogP contribution in [0.5, 0.6) is 0 Å². The molecule has 0 radical (unpaired) electrons. The van der Waals surface area contributed by atoms with Crippen LogP contribution in [0.25, 0.3) is 0 Å². The second-order valence-corrected chi connectivity index (χ2v) is 5.43. The van der Waals surface area contributed by atoms with Gasteiger partial charge in [-0.2, -0.15) is 0 Å². The van der Waals surface area contributed by atoms with Crippen LogP contribution in [0, 0.1) is 0 Å². The minimum atomic E-state index is 0.262. The van der Waals surface area contributed by atoms with Crippen molar-refractivity contribution < 1.29 is 4.74 Å². The molecule has 0 amide bonds. The third kappa shape index (κ3) is 2.77. The fourth-order valence-electron chi connectivity index (χ4n) is 2.17. The zero-order valence-electron chi connectivity index (χ0n) is 9.54. The van der Waals surface area contributed by atoms with Gasteiger partial charge < -0.3 is 10.1 Å². The average Bonchev–Trinajstić information content (AvgIpc) is 2.73. The number of thiophene rings is 1. The zero-order chi connectivity index (χ0) is 11.4. The van der Waals surface area contributed by atoms with Crippen molar-refractivity contribution in [3.8, 4) is 0 Å². The van der Waals surface area contributed by atoms with Crippen LogP contribution in [0.1, 0.15) is 37.1 Å². The molecule has 90 valence electrons. The molecule has 1 aromatic heterocycles. The van der Waals surface area contributed by atoms with E-state index >= 15 is 0 Å². The monoisotopic (exact) mass is 259 g/mol. The van der Waals surface area contributed by atoms with Crippen molar-refractivity contribution in [2.24, 2.45) is 0 Å². The Hall–Kier alpha value is -0.0900. The first-order valence-corrected chi connectivity index (χ1v) is 7.16. The van der Waals surface area contributed by atoms with Crippen molar-refractivity contribution in [2.75, 3.05) is 13.2 Å². The summed E-state index contributed by atoms with van der Waals surface area (Å²) >= 11 is 7.92. The summed E-state index contributed by atoms with van der Waals surface area (Å²) in [5, 5.41) is 6.41. The van der Waals surface area contributed by atoms with Crippen LogP contribution in [-0.2, 0) is 4.74 Å².